The van der Waals surface area contributed by atoms with E-state index in [4.69, 9.17) is 9.47 Å². The summed E-state index contributed by atoms with van der Waals surface area (Å²) in [5.74, 6) is 1.25. The fourth-order valence-corrected chi connectivity index (χ4v) is 5.08. The summed E-state index contributed by atoms with van der Waals surface area (Å²) in [6, 6.07) is 4.88. The third-order valence-electron chi connectivity index (χ3n) is 4.79. The highest BCUT2D eigenvalue weighted by atomic mass is 32.2. The second-order valence-electron chi connectivity index (χ2n) is 6.51. The molecule has 3 heterocycles. The Morgan fingerprint density at radius 3 is 2.54 bits per heavy atom. The highest BCUT2D eigenvalue weighted by Gasteiger charge is 2.43. The number of hydrogen-bond donors (Lipinski definition) is 2. The number of piperazine rings is 1. The van der Waals surface area contributed by atoms with E-state index in [0.29, 0.717) is 56.6 Å². The van der Waals surface area contributed by atoms with Crippen LogP contribution in [0.4, 0.5) is 10.5 Å². The maximum absolute atomic E-state index is 12.6. The molecule has 0 aromatic heterocycles. The number of fused-ring (bicyclic) bond motifs is 1. The maximum atomic E-state index is 12.6. The molecule has 0 saturated carbocycles. The van der Waals surface area contributed by atoms with Crippen molar-refractivity contribution < 1.29 is 22.7 Å². The van der Waals surface area contributed by atoms with Gasteiger partial charge in [0.25, 0.3) is 0 Å². The molecular weight excluding hydrogens is 360 g/mol. The number of sulfonamides is 1. The number of hydrogen-bond acceptors (Lipinski definition) is 6. The topological polar surface area (TPSA) is 100 Å². The van der Waals surface area contributed by atoms with Gasteiger partial charge in [-0.25, -0.2) is 13.2 Å². The Kier molecular flexibility index (Phi) is 4.63. The minimum absolute atomic E-state index is 0.211. The highest BCUT2D eigenvalue weighted by molar-refractivity contribution is 7.89. The predicted octanol–water partition coefficient (Wildman–Crippen LogP) is -0.0911. The van der Waals surface area contributed by atoms with Crippen molar-refractivity contribution in [3.8, 4) is 11.5 Å². The van der Waals surface area contributed by atoms with Gasteiger partial charge in [-0.3, -0.25) is 0 Å². The molecule has 0 radical (unpaired) electrons. The molecule has 4 rings (SSSR count). The quantitative estimate of drug-likeness (QED) is 0.758. The first-order valence-corrected chi connectivity index (χ1v) is 10.2. The summed E-state index contributed by atoms with van der Waals surface area (Å²) in [5, 5.41) is 5.39. The third-order valence-corrected chi connectivity index (χ3v) is 7.01. The van der Waals surface area contributed by atoms with E-state index in [9.17, 15) is 13.2 Å². The normalized spacial score (nSPS) is 21.2. The molecule has 3 aliphatic rings. The summed E-state index contributed by atoms with van der Waals surface area (Å²) in [4.78, 5) is 13.8. The zero-order valence-corrected chi connectivity index (χ0v) is 15.1. The Morgan fingerprint density at radius 2 is 1.81 bits per heavy atom. The summed E-state index contributed by atoms with van der Waals surface area (Å²) in [6.45, 7) is 3.72. The predicted molar refractivity (Wildman–Crippen MR) is 95.2 cm³/mol. The van der Waals surface area contributed by atoms with Gasteiger partial charge in [-0.2, -0.15) is 4.31 Å². The Morgan fingerprint density at radius 1 is 1.12 bits per heavy atom. The molecule has 0 aliphatic carbocycles. The minimum atomic E-state index is -3.34. The number of likely N-dealkylation sites (tertiary alicyclic amines) is 1. The molecule has 2 N–H and O–H groups in total. The van der Waals surface area contributed by atoms with Gasteiger partial charge >= 0.3 is 6.03 Å². The molecule has 2 amide bonds. The zero-order chi connectivity index (χ0) is 18.1. The van der Waals surface area contributed by atoms with Crippen molar-refractivity contribution in [2.24, 2.45) is 0 Å². The zero-order valence-electron chi connectivity index (χ0n) is 14.3. The average molecular weight is 382 g/mol. The summed E-state index contributed by atoms with van der Waals surface area (Å²) < 4.78 is 37.6. The summed E-state index contributed by atoms with van der Waals surface area (Å²) in [7, 11) is -3.34. The van der Waals surface area contributed by atoms with Crippen LogP contribution in [0.15, 0.2) is 18.2 Å². The van der Waals surface area contributed by atoms with E-state index < -0.39 is 15.3 Å². The number of nitrogens with zero attached hydrogens (tertiary/aromatic N) is 2. The number of benzene rings is 1. The molecule has 2 fully saturated rings. The second kappa shape index (κ2) is 6.93. The van der Waals surface area contributed by atoms with Gasteiger partial charge in [0.15, 0.2) is 11.5 Å². The Bertz CT molecular complexity index is 788. The molecule has 1 aromatic rings. The number of nitrogens with one attached hydrogen (secondary N) is 2. The Labute approximate surface area is 152 Å². The van der Waals surface area contributed by atoms with Crippen LogP contribution in [0.25, 0.3) is 0 Å². The fourth-order valence-electron chi connectivity index (χ4n) is 3.23. The van der Waals surface area contributed by atoms with Crippen LogP contribution in [-0.2, 0) is 10.0 Å². The van der Waals surface area contributed by atoms with E-state index in [1.54, 1.807) is 18.2 Å². The molecule has 26 heavy (non-hydrogen) atoms. The summed E-state index contributed by atoms with van der Waals surface area (Å²) >= 11 is 0. The molecule has 3 aliphatic heterocycles. The van der Waals surface area contributed by atoms with E-state index in [0.717, 1.165) is 0 Å². The van der Waals surface area contributed by atoms with Crippen molar-refractivity contribution in [1.82, 2.24) is 14.5 Å². The van der Waals surface area contributed by atoms with Crippen LogP contribution in [0.2, 0.25) is 0 Å². The first-order chi connectivity index (χ1) is 12.5. The third kappa shape index (κ3) is 3.31. The molecule has 142 valence electrons. The molecule has 2 saturated heterocycles. The fraction of sp³-hybridized carbons (Fsp3) is 0.562. The van der Waals surface area contributed by atoms with E-state index in [1.807, 2.05) is 0 Å². The van der Waals surface area contributed by atoms with Crippen molar-refractivity contribution in [1.29, 1.82) is 0 Å². The van der Waals surface area contributed by atoms with Gasteiger partial charge in [0.2, 0.25) is 10.0 Å². The van der Waals surface area contributed by atoms with Crippen LogP contribution in [0.5, 0.6) is 11.5 Å². The number of ether oxygens (including phenoxy) is 2. The van der Waals surface area contributed by atoms with Gasteiger partial charge in [-0.15, -0.1) is 0 Å². The highest BCUT2D eigenvalue weighted by Crippen LogP contribution is 2.33. The molecule has 0 spiro atoms. The molecule has 1 aromatic carbocycles. The first kappa shape index (κ1) is 17.4. The SMILES string of the molecule is O=C(Nc1ccc2c(c1)OCCO2)N1CC(S(=O)(=O)N2CCNCC2)C1. The molecule has 0 unspecified atom stereocenters. The number of anilines is 1. The van der Waals surface area contributed by atoms with Gasteiger partial charge < -0.3 is 25.0 Å². The van der Waals surface area contributed by atoms with E-state index in [2.05, 4.69) is 10.6 Å². The number of carbonyl (C=O) groups excluding carboxylic acids is 1. The van der Waals surface area contributed by atoms with Crippen LogP contribution in [0.3, 0.4) is 0 Å². The van der Waals surface area contributed by atoms with Crippen LogP contribution < -0.4 is 20.1 Å². The van der Waals surface area contributed by atoms with E-state index in [1.165, 1.54) is 9.21 Å². The van der Waals surface area contributed by atoms with Gasteiger partial charge in [0, 0.05) is 51.0 Å². The van der Waals surface area contributed by atoms with E-state index >= 15 is 0 Å². The van der Waals surface area contributed by atoms with Crippen LogP contribution in [0, 0.1) is 0 Å². The lowest BCUT2D eigenvalue weighted by molar-refractivity contribution is 0.171. The van der Waals surface area contributed by atoms with Crippen molar-refractivity contribution in [3.63, 3.8) is 0 Å². The molecule has 0 bridgehead atoms. The first-order valence-electron chi connectivity index (χ1n) is 8.69. The smallest absolute Gasteiger partial charge is 0.321 e. The van der Waals surface area contributed by atoms with Gasteiger partial charge in [0.1, 0.15) is 18.5 Å². The molecular formula is C16H22N4O5S. The number of rotatable bonds is 3. The van der Waals surface area contributed by atoms with Gasteiger partial charge in [-0.05, 0) is 12.1 Å². The van der Waals surface area contributed by atoms with Crippen molar-refractivity contribution in [3.05, 3.63) is 18.2 Å². The molecule has 10 heteroatoms. The average Bonchev–Trinajstić information content (AvgIpc) is 2.61. The lowest BCUT2D eigenvalue weighted by Crippen LogP contribution is -2.62. The van der Waals surface area contributed by atoms with Gasteiger partial charge in [-0.1, -0.05) is 0 Å². The van der Waals surface area contributed by atoms with Gasteiger partial charge in [0.05, 0.1) is 0 Å². The standard InChI is InChI=1S/C16H22N4O5S/c21-16(18-12-1-2-14-15(9-12)25-8-7-24-14)19-10-13(11-19)26(22,23)20-5-3-17-4-6-20/h1-2,9,13,17H,3-8,10-11H2,(H,18,21). The van der Waals surface area contributed by atoms with Crippen molar-refractivity contribution in [2.45, 2.75) is 5.25 Å². The maximum Gasteiger partial charge on any atom is 0.321 e. The Hall–Kier alpha value is -2.04. The molecule has 9 nitrogen and oxygen atoms in total. The number of urea groups is 1. The van der Waals surface area contributed by atoms with Crippen LogP contribution >= 0.6 is 0 Å². The lowest BCUT2D eigenvalue weighted by Gasteiger charge is -2.41. The summed E-state index contributed by atoms with van der Waals surface area (Å²) in [5.41, 5.74) is 0.590. The number of carbonyl (C=O) groups is 1. The number of amides is 2. The molecule has 0 atom stereocenters. The largest absolute Gasteiger partial charge is 0.486 e. The monoisotopic (exact) mass is 382 g/mol. The van der Waals surface area contributed by atoms with Crippen molar-refractivity contribution >= 4 is 21.7 Å². The van der Waals surface area contributed by atoms with Crippen molar-refractivity contribution in [2.75, 3.05) is 57.8 Å². The summed E-state index contributed by atoms with van der Waals surface area (Å²) in [6.07, 6.45) is 0. The van der Waals surface area contributed by atoms with Crippen LogP contribution in [0.1, 0.15) is 0 Å². The van der Waals surface area contributed by atoms with Crippen LogP contribution in [-0.4, -0.2) is 81.4 Å². The van der Waals surface area contributed by atoms with E-state index in [-0.39, 0.29) is 19.1 Å². The second-order valence-corrected chi connectivity index (χ2v) is 8.72. The minimum Gasteiger partial charge on any atom is -0.486 e. The Balaban J connectivity index is 1.33. The lowest BCUT2D eigenvalue weighted by atomic mass is 10.2.